The number of unbranched alkanes of at least 4 members (excludes halogenated alkanes) is 42. The van der Waals surface area contributed by atoms with Crippen molar-refractivity contribution in [2.24, 2.45) is 23.7 Å². The van der Waals surface area contributed by atoms with Crippen molar-refractivity contribution in [3.8, 4) is 0 Å². The average Bonchev–Trinajstić information content (AvgIpc) is 1.00. The number of phosphoric ester groups is 2. The summed E-state index contributed by atoms with van der Waals surface area (Å²) in [6.45, 7) is 14.3. The highest BCUT2D eigenvalue weighted by atomic mass is 31.2. The third kappa shape index (κ3) is 72.1. The second-order valence-electron chi connectivity index (χ2n) is 30.7. The number of phosphoric acid groups is 2. The van der Waals surface area contributed by atoms with Gasteiger partial charge in [0.25, 0.3) is 0 Å². The maximum Gasteiger partial charge on any atom is 0.472 e. The lowest BCUT2D eigenvalue weighted by atomic mass is 9.99. The van der Waals surface area contributed by atoms with Crippen molar-refractivity contribution in [1.29, 1.82) is 0 Å². The predicted molar refractivity (Wildman–Crippen MR) is 414 cm³/mol. The Morgan fingerprint density at radius 3 is 0.703 bits per heavy atom. The summed E-state index contributed by atoms with van der Waals surface area (Å²) < 4.78 is 68.7. The second-order valence-corrected chi connectivity index (χ2v) is 33.6. The lowest BCUT2D eigenvalue weighted by Crippen LogP contribution is -2.30. The SMILES string of the molecule is CCC(C)CCCCCCCCCCCCCCCCCCCCC(=O)OC[C@H](COP(=O)(O)OC[C@@H](O)COP(=O)(O)OC[C@@H](COC(=O)CCCCCCCCC(C)CC)OC(=O)CCCCCCCCCCC(C)C)OC(=O)CCCCCCCCCCCCCCCCC(C)CC. The van der Waals surface area contributed by atoms with Gasteiger partial charge in [-0.1, -0.05) is 370 Å². The van der Waals surface area contributed by atoms with Crippen LogP contribution in [0.4, 0.5) is 0 Å². The van der Waals surface area contributed by atoms with Crippen LogP contribution in [0.15, 0.2) is 0 Å². The van der Waals surface area contributed by atoms with Gasteiger partial charge in [-0.15, -0.1) is 0 Å². The van der Waals surface area contributed by atoms with Crippen LogP contribution in [0.5, 0.6) is 0 Å². The number of rotatable bonds is 79. The molecule has 0 saturated carbocycles. The maximum atomic E-state index is 13.1. The van der Waals surface area contributed by atoms with Gasteiger partial charge in [0, 0.05) is 25.7 Å². The minimum atomic E-state index is -4.96. The van der Waals surface area contributed by atoms with E-state index in [0.717, 1.165) is 120 Å². The van der Waals surface area contributed by atoms with Gasteiger partial charge in [0.2, 0.25) is 0 Å². The van der Waals surface area contributed by atoms with Crippen LogP contribution in [0.3, 0.4) is 0 Å². The van der Waals surface area contributed by atoms with Crippen molar-refractivity contribution in [2.45, 2.75) is 440 Å². The fourth-order valence-electron chi connectivity index (χ4n) is 12.5. The van der Waals surface area contributed by atoms with E-state index in [4.69, 9.17) is 37.0 Å². The van der Waals surface area contributed by atoms with Crippen LogP contribution in [-0.4, -0.2) is 96.7 Å². The molecule has 0 bridgehead atoms. The summed E-state index contributed by atoms with van der Waals surface area (Å²) in [7, 11) is -9.92. The highest BCUT2D eigenvalue weighted by Gasteiger charge is 2.30. The number of aliphatic hydroxyl groups is 1. The van der Waals surface area contributed by atoms with E-state index in [9.17, 15) is 43.2 Å². The molecule has 5 unspecified atom stereocenters. The average molecular weight is 1480 g/mol. The summed E-state index contributed by atoms with van der Waals surface area (Å²) in [4.78, 5) is 73.0. The van der Waals surface area contributed by atoms with Crippen molar-refractivity contribution >= 4 is 39.5 Å². The smallest absolute Gasteiger partial charge is 0.462 e. The van der Waals surface area contributed by atoms with E-state index in [0.29, 0.717) is 25.7 Å². The van der Waals surface area contributed by atoms with Gasteiger partial charge in [-0.2, -0.15) is 0 Å². The Hall–Kier alpha value is -1.94. The summed E-state index contributed by atoms with van der Waals surface area (Å²) in [6.07, 6.45) is 58.4. The van der Waals surface area contributed by atoms with E-state index in [1.807, 2.05) is 0 Å². The zero-order chi connectivity index (χ0) is 74.6. The lowest BCUT2D eigenvalue weighted by Gasteiger charge is -2.21. The molecule has 19 heteroatoms. The summed E-state index contributed by atoms with van der Waals surface area (Å²) in [5.74, 6) is 1.05. The molecular formula is C82H160O17P2. The molecular weight excluding hydrogens is 1320 g/mol. The fourth-order valence-corrected chi connectivity index (χ4v) is 14.1. The van der Waals surface area contributed by atoms with Crippen LogP contribution in [0.1, 0.15) is 421 Å². The first-order valence-corrected chi connectivity index (χ1v) is 45.3. The number of hydrogen-bond acceptors (Lipinski definition) is 15. The Bertz CT molecular complexity index is 1980. The van der Waals surface area contributed by atoms with Crippen LogP contribution >= 0.6 is 15.6 Å². The third-order valence-corrected chi connectivity index (χ3v) is 22.1. The van der Waals surface area contributed by atoms with Gasteiger partial charge < -0.3 is 33.8 Å². The quantitative estimate of drug-likeness (QED) is 0.0222. The Balaban J connectivity index is 5.20. The van der Waals surface area contributed by atoms with Crippen molar-refractivity contribution in [1.82, 2.24) is 0 Å². The van der Waals surface area contributed by atoms with Gasteiger partial charge in [-0.05, 0) is 49.4 Å². The molecule has 0 aliphatic carbocycles. The van der Waals surface area contributed by atoms with E-state index in [1.54, 1.807) is 0 Å². The minimum absolute atomic E-state index is 0.103. The molecule has 0 aromatic heterocycles. The summed E-state index contributed by atoms with van der Waals surface area (Å²) in [5, 5.41) is 10.6. The van der Waals surface area contributed by atoms with Gasteiger partial charge in [0.1, 0.15) is 19.3 Å². The number of aliphatic hydroxyl groups excluding tert-OH is 1. The molecule has 600 valence electrons. The van der Waals surface area contributed by atoms with Crippen LogP contribution in [0, 0.1) is 23.7 Å². The molecule has 0 heterocycles. The molecule has 0 aromatic rings. The number of carbonyl (C=O) groups excluding carboxylic acids is 4. The lowest BCUT2D eigenvalue weighted by molar-refractivity contribution is -0.161. The van der Waals surface area contributed by atoms with Crippen molar-refractivity contribution in [3.63, 3.8) is 0 Å². The molecule has 0 aromatic carbocycles. The second kappa shape index (κ2) is 71.0. The third-order valence-electron chi connectivity index (χ3n) is 20.2. The monoisotopic (exact) mass is 1480 g/mol. The first-order chi connectivity index (χ1) is 48.7. The van der Waals surface area contributed by atoms with Crippen LogP contribution in [0.25, 0.3) is 0 Å². The molecule has 0 amide bonds. The van der Waals surface area contributed by atoms with E-state index in [1.165, 1.54) is 218 Å². The van der Waals surface area contributed by atoms with Crippen molar-refractivity contribution < 1.29 is 80.2 Å². The van der Waals surface area contributed by atoms with Crippen LogP contribution < -0.4 is 0 Å². The van der Waals surface area contributed by atoms with Crippen molar-refractivity contribution in [3.05, 3.63) is 0 Å². The normalized spacial score (nSPS) is 14.8. The zero-order valence-corrected chi connectivity index (χ0v) is 68.3. The number of carbonyl (C=O) groups is 4. The van der Waals surface area contributed by atoms with Gasteiger partial charge in [-0.3, -0.25) is 37.3 Å². The number of esters is 4. The Labute approximate surface area is 619 Å². The van der Waals surface area contributed by atoms with E-state index in [-0.39, 0.29) is 25.7 Å². The highest BCUT2D eigenvalue weighted by Crippen LogP contribution is 2.45. The molecule has 0 aliphatic heterocycles. The largest absolute Gasteiger partial charge is 0.472 e. The Morgan fingerprint density at radius 2 is 0.475 bits per heavy atom. The molecule has 0 rings (SSSR count). The summed E-state index contributed by atoms with van der Waals surface area (Å²) >= 11 is 0. The number of ether oxygens (including phenoxy) is 4. The Morgan fingerprint density at radius 1 is 0.277 bits per heavy atom. The summed E-state index contributed by atoms with van der Waals surface area (Å²) in [5.41, 5.74) is 0. The van der Waals surface area contributed by atoms with Gasteiger partial charge in [0.05, 0.1) is 26.4 Å². The van der Waals surface area contributed by atoms with E-state index < -0.39 is 97.5 Å². The minimum Gasteiger partial charge on any atom is -0.462 e. The first kappa shape index (κ1) is 99.1. The number of hydrogen-bond donors (Lipinski definition) is 3. The topological polar surface area (TPSA) is 237 Å². The van der Waals surface area contributed by atoms with Crippen LogP contribution in [0.2, 0.25) is 0 Å². The molecule has 17 nitrogen and oxygen atoms in total. The summed E-state index contributed by atoms with van der Waals surface area (Å²) in [6, 6.07) is 0. The molecule has 0 fully saturated rings. The maximum absolute atomic E-state index is 13.1. The van der Waals surface area contributed by atoms with Gasteiger partial charge in [-0.25, -0.2) is 9.13 Å². The molecule has 8 atom stereocenters. The van der Waals surface area contributed by atoms with Gasteiger partial charge in [0.15, 0.2) is 12.2 Å². The standard InChI is InChI=1S/C82H160O17P2/c1-9-73(6)59-51-43-35-28-24-20-16-14-12-13-15-17-22-26-30-37-46-54-62-79(84)92-68-77(98-81(86)64-56-48-38-31-27-23-19-18-21-25-29-36-44-52-60-74(7)10-2)70-96-100(88,89)94-66-76(83)67-95-101(90,91)97-71-78(69-93-80(85)63-55-47-41-40-45-53-61-75(8)11-3)99-82(87)65-57-49-39-33-32-34-42-50-58-72(4)5/h72-78,83H,9-71H2,1-8H3,(H,88,89)(H,90,91)/t73?,74?,75?,76-,77-,78-/m1/s1. The molecule has 0 saturated heterocycles. The molecule has 101 heavy (non-hydrogen) atoms. The molecule has 0 aliphatic rings. The fraction of sp³-hybridized carbons (Fsp3) is 0.951. The van der Waals surface area contributed by atoms with Crippen LogP contribution in [-0.2, 0) is 65.4 Å². The van der Waals surface area contributed by atoms with Gasteiger partial charge >= 0.3 is 39.5 Å². The molecule has 3 N–H and O–H groups in total. The first-order valence-electron chi connectivity index (χ1n) is 42.3. The predicted octanol–water partition coefficient (Wildman–Crippen LogP) is 24.4. The highest BCUT2D eigenvalue weighted by molar-refractivity contribution is 7.47. The molecule has 0 spiro atoms. The molecule has 0 radical (unpaired) electrons. The van der Waals surface area contributed by atoms with E-state index in [2.05, 4.69) is 55.4 Å². The zero-order valence-electron chi connectivity index (χ0n) is 66.5. The van der Waals surface area contributed by atoms with E-state index >= 15 is 0 Å². The van der Waals surface area contributed by atoms with Crippen molar-refractivity contribution in [2.75, 3.05) is 39.6 Å². The Kier molecular flexibility index (Phi) is 69.6.